The molecule has 0 heterocycles. The summed E-state index contributed by atoms with van der Waals surface area (Å²) in [6.07, 6.45) is 38.6. The zero-order valence-electron chi connectivity index (χ0n) is 35.1. The van der Waals surface area contributed by atoms with Gasteiger partial charge in [0.25, 0.3) is 0 Å². The maximum atomic E-state index is 12.7. The van der Waals surface area contributed by atoms with Gasteiger partial charge in [-0.15, -0.1) is 0 Å². The molecule has 9 nitrogen and oxygen atoms in total. The lowest BCUT2D eigenvalue weighted by molar-refractivity contribution is -0.870. The fraction of sp³-hybridized carbons (Fsp3) is 0.756. The highest BCUT2D eigenvalue weighted by molar-refractivity contribution is 5.70. The van der Waals surface area contributed by atoms with E-state index in [0.717, 1.165) is 57.8 Å². The Balaban J connectivity index is 4.55. The van der Waals surface area contributed by atoms with E-state index in [2.05, 4.69) is 62.5 Å². The van der Waals surface area contributed by atoms with Crippen LogP contribution in [0.25, 0.3) is 0 Å². The van der Waals surface area contributed by atoms with E-state index >= 15 is 0 Å². The molecule has 9 heteroatoms. The molecule has 0 aliphatic rings. The van der Waals surface area contributed by atoms with Gasteiger partial charge in [0.2, 0.25) is 0 Å². The highest BCUT2D eigenvalue weighted by Gasteiger charge is 2.21. The van der Waals surface area contributed by atoms with Crippen LogP contribution in [0.15, 0.2) is 48.6 Å². The molecule has 0 rings (SSSR count). The largest absolute Gasteiger partial charge is 0.545 e. The Morgan fingerprint density at radius 2 is 1.06 bits per heavy atom. The SMILES string of the molecule is CC/C=C\C/C=C\C/C=C\C/C=C\CCCCC(=O)OC(COC(=O)CCCCCCCCCCCCCCCC)COC(OCC[N+](C)(C)C)C(=O)[O-]. The molecule has 0 N–H and O–H groups in total. The van der Waals surface area contributed by atoms with E-state index in [9.17, 15) is 19.5 Å². The Morgan fingerprint density at radius 1 is 0.574 bits per heavy atom. The summed E-state index contributed by atoms with van der Waals surface area (Å²) in [5, 5.41) is 11.7. The number of allylic oxidation sites excluding steroid dienone is 8. The quantitative estimate of drug-likeness (QED) is 0.0201. The third-order valence-electron chi connectivity index (χ3n) is 8.84. The van der Waals surface area contributed by atoms with Crippen LogP contribution in [0.3, 0.4) is 0 Å². The van der Waals surface area contributed by atoms with Crippen molar-refractivity contribution >= 4 is 17.9 Å². The number of carbonyl (C=O) groups is 3. The summed E-state index contributed by atoms with van der Waals surface area (Å²) in [5.74, 6) is -2.34. The number of hydrogen-bond donors (Lipinski definition) is 0. The maximum absolute atomic E-state index is 12.7. The summed E-state index contributed by atoms with van der Waals surface area (Å²) < 4.78 is 22.5. The zero-order chi connectivity index (χ0) is 40.0. The Kier molecular flexibility index (Phi) is 35.3. The molecule has 0 saturated heterocycles. The van der Waals surface area contributed by atoms with Crippen molar-refractivity contribution in [2.24, 2.45) is 0 Å². The van der Waals surface area contributed by atoms with Crippen LogP contribution in [0.2, 0.25) is 0 Å². The average Bonchev–Trinajstić information content (AvgIpc) is 3.12. The fourth-order valence-electron chi connectivity index (χ4n) is 5.52. The normalized spacial score (nSPS) is 13.4. The minimum absolute atomic E-state index is 0.139. The Labute approximate surface area is 330 Å². The second kappa shape index (κ2) is 37.2. The number of likely N-dealkylation sites (N-methyl/N-ethyl adjacent to an activating group) is 1. The summed E-state index contributed by atoms with van der Waals surface area (Å²) >= 11 is 0. The van der Waals surface area contributed by atoms with Crippen molar-refractivity contribution in [3.63, 3.8) is 0 Å². The van der Waals surface area contributed by atoms with Crippen LogP contribution in [0.1, 0.15) is 162 Å². The van der Waals surface area contributed by atoms with Gasteiger partial charge in [0.1, 0.15) is 13.2 Å². The zero-order valence-corrected chi connectivity index (χ0v) is 35.1. The van der Waals surface area contributed by atoms with E-state index in [1.54, 1.807) is 0 Å². The molecular formula is C45H79NO8. The minimum atomic E-state index is -1.63. The van der Waals surface area contributed by atoms with Crippen LogP contribution in [-0.2, 0) is 33.3 Å². The molecule has 0 aromatic rings. The third kappa shape index (κ3) is 37.6. The summed E-state index contributed by atoms with van der Waals surface area (Å²) in [6, 6.07) is 0. The van der Waals surface area contributed by atoms with Crippen molar-refractivity contribution in [2.45, 2.75) is 174 Å². The standard InChI is InChI=1S/C45H79NO8/c1-6-8-10-12-14-16-18-20-22-24-26-28-30-32-34-36-43(48)54-41(40-53-45(44(49)50)51-38-37-46(3,4)5)39-52-42(47)35-33-31-29-27-25-23-21-19-17-15-13-11-9-7-2/h8,10,14,16,20,22,26,28,41,45H,6-7,9,11-13,15,17-19,21,23-25,27,29-40H2,1-5H3/b10-8-,16-14-,22-20-,28-26-. The molecule has 0 spiro atoms. The van der Waals surface area contributed by atoms with E-state index < -0.39 is 24.3 Å². The van der Waals surface area contributed by atoms with Crippen molar-refractivity contribution in [3.8, 4) is 0 Å². The lowest BCUT2D eigenvalue weighted by Gasteiger charge is -2.26. The van der Waals surface area contributed by atoms with Crippen molar-refractivity contribution in [2.75, 3.05) is 47.5 Å². The van der Waals surface area contributed by atoms with Crippen molar-refractivity contribution < 1.29 is 42.9 Å². The van der Waals surface area contributed by atoms with Gasteiger partial charge >= 0.3 is 11.9 Å². The average molecular weight is 762 g/mol. The van der Waals surface area contributed by atoms with Gasteiger partial charge in [-0.2, -0.15) is 0 Å². The third-order valence-corrected chi connectivity index (χ3v) is 8.84. The van der Waals surface area contributed by atoms with Crippen LogP contribution in [0.5, 0.6) is 0 Å². The number of nitrogens with zero attached hydrogens (tertiary/aromatic N) is 1. The van der Waals surface area contributed by atoms with Gasteiger partial charge in [-0.3, -0.25) is 9.59 Å². The molecule has 0 amide bonds. The van der Waals surface area contributed by atoms with Gasteiger partial charge in [-0.05, 0) is 51.4 Å². The predicted molar refractivity (Wildman–Crippen MR) is 219 cm³/mol. The van der Waals surface area contributed by atoms with E-state index in [1.165, 1.54) is 70.6 Å². The second-order valence-corrected chi connectivity index (χ2v) is 15.3. The summed E-state index contributed by atoms with van der Waals surface area (Å²) in [6.45, 7) is 4.56. The summed E-state index contributed by atoms with van der Waals surface area (Å²) in [7, 11) is 5.89. The fourth-order valence-corrected chi connectivity index (χ4v) is 5.52. The van der Waals surface area contributed by atoms with E-state index in [4.69, 9.17) is 18.9 Å². The van der Waals surface area contributed by atoms with Gasteiger partial charge in [-0.25, -0.2) is 0 Å². The molecule has 0 fully saturated rings. The van der Waals surface area contributed by atoms with Gasteiger partial charge in [0, 0.05) is 12.8 Å². The first-order valence-electron chi connectivity index (χ1n) is 21.3. The van der Waals surface area contributed by atoms with Crippen molar-refractivity contribution in [1.82, 2.24) is 0 Å². The molecule has 0 aliphatic carbocycles. The van der Waals surface area contributed by atoms with Crippen molar-refractivity contribution in [3.05, 3.63) is 48.6 Å². The lowest BCUT2D eigenvalue weighted by Crippen LogP contribution is -2.44. The highest BCUT2D eigenvalue weighted by Crippen LogP contribution is 2.14. The van der Waals surface area contributed by atoms with Gasteiger partial charge in [-0.1, -0.05) is 146 Å². The van der Waals surface area contributed by atoms with Crippen LogP contribution >= 0.6 is 0 Å². The first-order valence-corrected chi connectivity index (χ1v) is 21.3. The van der Waals surface area contributed by atoms with Gasteiger partial charge < -0.3 is 33.3 Å². The molecule has 54 heavy (non-hydrogen) atoms. The molecule has 2 atom stereocenters. The number of aliphatic carboxylic acids is 1. The molecule has 0 aromatic carbocycles. The molecular weight excluding hydrogens is 682 g/mol. The van der Waals surface area contributed by atoms with Crippen molar-refractivity contribution in [1.29, 1.82) is 0 Å². The Hall–Kier alpha value is -2.75. The van der Waals surface area contributed by atoms with Crippen LogP contribution < -0.4 is 5.11 Å². The molecule has 0 bridgehead atoms. The number of quaternary nitrogens is 1. The maximum Gasteiger partial charge on any atom is 0.306 e. The second-order valence-electron chi connectivity index (χ2n) is 15.3. The van der Waals surface area contributed by atoms with E-state index in [-0.39, 0.29) is 38.6 Å². The number of carboxylic acids is 1. The number of carbonyl (C=O) groups excluding carboxylic acids is 3. The minimum Gasteiger partial charge on any atom is -0.545 e. The Bertz CT molecular complexity index is 1030. The number of ether oxygens (including phenoxy) is 4. The van der Waals surface area contributed by atoms with Crippen LogP contribution in [-0.4, -0.2) is 82.3 Å². The lowest BCUT2D eigenvalue weighted by atomic mass is 10.0. The summed E-state index contributed by atoms with van der Waals surface area (Å²) in [5.41, 5.74) is 0. The van der Waals surface area contributed by atoms with Gasteiger partial charge in [0.15, 0.2) is 12.4 Å². The molecule has 0 aromatic heterocycles. The predicted octanol–water partition coefficient (Wildman–Crippen LogP) is 9.49. The first kappa shape index (κ1) is 51.2. The number of rotatable bonds is 38. The highest BCUT2D eigenvalue weighted by atomic mass is 16.7. The number of unbranched alkanes of at least 4 members (excludes halogenated alkanes) is 15. The number of carboxylic acid groups (broad SMARTS) is 1. The first-order chi connectivity index (χ1) is 26.1. The molecule has 312 valence electrons. The number of esters is 2. The summed E-state index contributed by atoms with van der Waals surface area (Å²) in [4.78, 5) is 36.9. The molecule has 0 aliphatic heterocycles. The smallest absolute Gasteiger partial charge is 0.306 e. The number of hydrogen-bond acceptors (Lipinski definition) is 8. The van der Waals surface area contributed by atoms with Gasteiger partial charge in [0.05, 0.1) is 40.3 Å². The monoisotopic (exact) mass is 762 g/mol. The van der Waals surface area contributed by atoms with E-state index in [1.807, 2.05) is 21.1 Å². The van der Waals surface area contributed by atoms with Crippen LogP contribution in [0.4, 0.5) is 0 Å². The van der Waals surface area contributed by atoms with E-state index in [0.29, 0.717) is 17.4 Å². The topological polar surface area (TPSA) is 111 Å². The molecule has 2 unspecified atom stereocenters. The van der Waals surface area contributed by atoms with Crippen LogP contribution in [0, 0.1) is 0 Å². The molecule has 0 saturated carbocycles. The molecule has 0 radical (unpaired) electrons. The Morgan fingerprint density at radius 3 is 1.57 bits per heavy atom.